The highest BCUT2D eigenvalue weighted by atomic mass is 127. The number of nitrogens with zero attached hydrogens (tertiary/aromatic N) is 2. The Morgan fingerprint density at radius 3 is 2.60 bits per heavy atom. The summed E-state index contributed by atoms with van der Waals surface area (Å²) in [5.41, 5.74) is 0.353. The van der Waals surface area contributed by atoms with E-state index in [9.17, 15) is 14.9 Å². The Bertz CT molecular complexity index is 565. The fourth-order valence-corrected chi connectivity index (χ4v) is 3.31. The predicted molar refractivity (Wildman–Crippen MR) is 79.6 cm³/mol. The van der Waals surface area contributed by atoms with Crippen LogP contribution < -0.4 is 0 Å². The zero-order valence-corrected chi connectivity index (χ0v) is 12.8. The molecule has 2 heterocycles. The molecule has 2 atom stereocenters. The Balaban J connectivity index is 1.86. The summed E-state index contributed by atoms with van der Waals surface area (Å²) in [4.78, 5) is 24.7. The molecule has 2 aliphatic heterocycles. The second-order valence-electron chi connectivity index (χ2n) is 5.09. The van der Waals surface area contributed by atoms with Crippen LogP contribution >= 0.6 is 22.6 Å². The van der Waals surface area contributed by atoms with Crippen LogP contribution in [0.3, 0.4) is 0 Å². The fourth-order valence-electron chi connectivity index (χ4n) is 2.74. The van der Waals surface area contributed by atoms with Gasteiger partial charge in [0.15, 0.2) is 0 Å². The molecule has 6 nitrogen and oxygen atoms in total. The minimum absolute atomic E-state index is 0.0509. The van der Waals surface area contributed by atoms with Crippen molar-refractivity contribution < 1.29 is 14.5 Å². The quantitative estimate of drug-likeness (QED) is 0.443. The summed E-state index contributed by atoms with van der Waals surface area (Å²) in [7, 11) is 0. The van der Waals surface area contributed by atoms with Crippen molar-refractivity contribution in [1.82, 2.24) is 4.90 Å². The standard InChI is InChI=1S/C13H13IN2O4/c14-12-4-1-8(16(18)19)5-11(12)13(17)15-6-9-2-3-10(7-15)20-9/h1,4-5,9-10H,2-3,6-7H2. The molecule has 2 unspecified atom stereocenters. The molecule has 106 valence electrons. The van der Waals surface area contributed by atoms with Crippen molar-refractivity contribution in [1.29, 1.82) is 0 Å². The molecule has 2 aliphatic rings. The maximum Gasteiger partial charge on any atom is 0.270 e. The van der Waals surface area contributed by atoms with E-state index in [4.69, 9.17) is 4.74 Å². The molecule has 0 radical (unpaired) electrons. The van der Waals surface area contributed by atoms with Gasteiger partial charge in [0.1, 0.15) is 0 Å². The van der Waals surface area contributed by atoms with Crippen molar-refractivity contribution in [2.45, 2.75) is 25.0 Å². The smallest absolute Gasteiger partial charge is 0.270 e. The van der Waals surface area contributed by atoms with Crippen LogP contribution in [0.25, 0.3) is 0 Å². The third kappa shape index (κ3) is 2.51. The van der Waals surface area contributed by atoms with E-state index in [1.54, 1.807) is 11.0 Å². The Morgan fingerprint density at radius 1 is 1.35 bits per heavy atom. The molecule has 2 saturated heterocycles. The maximum atomic E-state index is 12.6. The van der Waals surface area contributed by atoms with E-state index in [1.807, 2.05) is 22.6 Å². The summed E-state index contributed by atoms with van der Waals surface area (Å²) in [5, 5.41) is 10.8. The SMILES string of the molecule is O=C(c1cc([N+](=O)[O-])ccc1I)N1CC2CCC(C1)O2. The summed E-state index contributed by atoms with van der Waals surface area (Å²) < 4.78 is 6.44. The van der Waals surface area contributed by atoms with Gasteiger partial charge in [-0.3, -0.25) is 14.9 Å². The number of benzene rings is 1. The molecular weight excluding hydrogens is 375 g/mol. The number of morpholine rings is 1. The second-order valence-corrected chi connectivity index (χ2v) is 6.25. The van der Waals surface area contributed by atoms with E-state index < -0.39 is 4.92 Å². The first-order valence-electron chi connectivity index (χ1n) is 6.43. The lowest BCUT2D eigenvalue weighted by Crippen LogP contribution is -2.46. The molecule has 2 fully saturated rings. The lowest BCUT2D eigenvalue weighted by molar-refractivity contribution is -0.384. The summed E-state index contributed by atoms with van der Waals surface area (Å²) in [6.45, 7) is 1.15. The van der Waals surface area contributed by atoms with Crippen molar-refractivity contribution in [2.24, 2.45) is 0 Å². The topological polar surface area (TPSA) is 72.7 Å². The third-order valence-corrected chi connectivity index (χ3v) is 4.66. The molecule has 1 amide bonds. The zero-order valence-electron chi connectivity index (χ0n) is 10.6. The van der Waals surface area contributed by atoms with Crippen LogP contribution in [0.2, 0.25) is 0 Å². The number of fused-ring (bicyclic) bond motifs is 2. The highest BCUT2D eigenvalue weighted by molar-refractivity contribution is 14.1. The molecule has 3 rings (SSSR count). The van der Waals surface area contributed by atoms with Gasteiger partial charge in [0, 0.05) is 28.8 Å². The summed E-state index contributed by atoms with van der Waals surface area (Å²) >= 11 is 2.04. The van der Waals surface area contributed by atoms with Crippen LogP contribution in [0.15, 0.2) is 18.2 Å². The normalized spacial score (nSPS) is 24.8. The molecule has 0 saturated carbocycles. The Morgan fingerprint density at radius 2 is 2.00 bits per heavy atom. The molecule has 2 bridgehead atoms. The van der Waals surface area contributed by atoms with E-state index >= 15 is 0 Å². The van der Waals surface area contributed by atoms with Crippen molar-refractivity contribution >= 4 is 34.2 Å². The molecule has 1 aromatic carbocycles. The van der Waals surface area contributed by atoms with Crippen LogP contribution in [0.5, 0.6) is 0 Å². The van der Waals surface area contributed by atoms with Crippen LogP contribution in [0.1, 0.15) is 23.2 Å². The number of ether oxygens (including phenoxy) is 1. The lowest BCUT2D eigenvalue weighted by atomic mass is 10.1. The minimum Gasteiger partial charge on any atom is -0.371 e. The van der Waals surface area contributed by atoms with Gasteiger partial charge in [-0.25, -0.2) is 0 Å². The molecule has 0 spiro atoms. The first-order chi connectivity index (χ1) is 9.54. The van der Waals surface area contributed by atoms with Gasteiger partial charge < -0.3 is 9.64 Å². The van der Waals surface area contributed by atoms with Crippen molar-refractivity contribution in [2.75, 3.05) is 13.1 Å². The number of nitro groups is 1. The van der Waals surface area contributed by atoms with E-state index in [2.05, 4.69) is 0 Å². The van der Waals surface area contributed by atoms with E-state index in [-0.39, 0.29) is 23.8 Å². The van der Waals surface area contributed by atoms with Crippen LogP contribution in [-0.4, -0.2) is 41.0 Å². The zero-order chi connectivity index (χ0) is 14.3. The summed E-state index contributed by atoms with van der Waals surface area (Å²) in [5.74, 6) is -0.140. The molecule has 0 aromatic heterocycles. The minimum atomic E-state index is -0.476. The first-order valence-corrected chi connectivity index (χ1v) is 7.51. The summed E-state index contributed by atoms with van der Waals surface area (Å²) in [6.07, 6.45) is 2.21. The Kier molecular flexibility index (Phi) is 3.63. The van der Waals surface area contributed by atoms with Crippen molar-refractivity contribution in [3.05, 3.63) is 37.4 Å². The first kappa shape index (κ1) is 13.7. The summed E-state index contributed by atoms with van der Waals surface area (Å²) in [6, 6.07) is 4.39. The number of carbonyl (C=O) groups excluding carboxylic acids is 1. The number of amides is 1. The second kappa shape index (κ2) is 5.28. The van der Waals surface area contributed by atoms with Crippen LogP contribution in [-0.2, 0) is 4.74 Å². The predicted octanol–water partition coefficient (Wildman–Crippen LogP) is 2.20. The molecule has 0 N–H and O–H groups in total. The highest BCUT2D eigenvalue weighted by Gasteiger charge is 2.36. The van der Waals surface area contributed by atoms with Gasteiger partial charge in [0.2, 0.25) is 0 Å². The number of likely N-dealkylation sites (tertiary alicyclic amines) is 1. The third-order valence-electron chi connectivity index (χ3n) is 3.72. The highest BCUT2D eigenvalue weighted by Crippen LogP contribution is 2.28. The fraction of sp³-hybridized carbons (Fsp3) is 0.462. The average molecular weight is 388 g/mol. The van der Waals surface area contributed by atoms with Crippen LogP contribution in [0.4, 0.5) is 5.69 Å². The number of rotatable bonds is 2. The number of hydrogen-bond acceptors (Lipinski definition) is 4. The van der Waals surface area contributed by atoms with E-state index in [0.717, 1.165) is 16.4 Å². The van der Waals surface area contributed by atoms with Gasteiger partial charge >= 0.3 is 0 Å². The lowest BCUT2D eigenvalue weighted by Gasteiger charge is -2.32. The number of nitro benzene ring substituents is 1. The van der Waals surface area contributed by atoms with Crippen molar-refractivity contribution in [3.63, 3.8) is 0 Å². The molecule has 20 heavy (non-hydrogen) atoms. The Hall–Kier alpha value is -1.22. The monoisotopic (exact) mass is 388 g/mol. The van der Waals surface area contributed by atoms with Gasteiger partial charge in [-0.05, 0) is 41.5 Å². The van der Waals surface area contributed by atoms with Gasteiger partial charge in [-0.1, -0.05) is 0 Å². The van der Waals surface area contributed by atoms with Gasteiger partial charge in [0.25, 0.3) is 11.6 Å². The van der Waals surface area contributed by atoms with Gasteiger partial charge in [-0.15, -0.1) is 0 Å². The molecular formula is C13H13IN2O4. The molecule has 1 aromatic rings. The van der Waals surface area contributed by atoms with Crippen molar-refractivity contribution in [3.8, 4) is 0 Å². The number of non-ortho nitro benzene ring substituents is 1. The van der Waals surface area contributed by atoms with Gasteiger partial charge in [0.05, 0.1) is 22.7 Å². The van der Waals surface area contributed by atoms with E-state index in [0.29, 0.717) is 18.7 Å². The number of halogens is 1. The van der Waals surface area contributed by atoms with E-state index in [1.165, 1.54) is 12.1 Å². The maximum absolute atomic E-state index is 12.6. The van der Waals surface area contributed by atoms with Gasteiger partial charge in [-0.2, -0.15) is 0 Å². The number of hydrogen-bond donors (Lipinski definition) is 0. The van der Waals surface area contributed by atoms with Crippen LogP contribution in [0, 0.1) is 13.7 Å². The number of carbonyl (C=O) groups is 1. The Labute approximate surface area is 129 Å². The molecule has 0 aliphatic carbocycles. The largest absolute Gasteiger partial charge is 0.371 e. The average Bonchev–Trinajstić information content (AvgIpc) is 2.77. The molecule has 7 heteroatoms.